The van der Waals surface area contributed by atoms with Crippen molar-refractivity contribution in [2.75, 3.05) is 19.6 Å². The molecule has 7 heteroatoms. The second-order valence-corrected chi connectivity index (χ2v) is 3.76. The lowest BCUT2D eigenvalue weighted by Crippen LogP contribution is -2.56. The zero-order valence-electron chi connectivity index (χ0n) is 8.05. The summed E-state index contributed by atoms with van der Waals surface area (Å²) in [5.41, 5.74) is 3.86. The molecule has 1 rings (SSSR count). The van der Waals surface area contributed by atoms with Crippen molar-refractivity contribution < 1.29 is 23.1 Å². The molecule has 1 unspecified atom stereocenters. The van der Waals surface area contributed by atoms with Crippen LogP contribution in [0.15, 0.2) is 0 Å². The maximum Gasteiger partial charge on any atom is 0.471 e. The molecule has 1 atom stereocenters. The number of rotatable bonds is 1. The molecule has 1 saturated heterocycles. The third-order valence-electron chi connectivity index (χ3n) is 2.47. The number of aliphatic hydroxyl groups is 1. The highest BCUT2D eigenvalue weighted by Gasteiger charge is 2.45. The Morgan fingerprint density at radius 3 is 2.60 bits per heavy atom. The van der Waals surface area contributed by atoms with Gasteiger partial charge in [-0.2, -0.15) is 13.2 Å². The van der Waals surface area contributed by atoms with Crippen molar-refractivity contribution in [3.05, 3.63) is 0 Å². The lowest BCUT2D eigenvalue weighted by Gasteiger charge is -2.38. The number of carbonyl (C=O) groups excluding carboxylic acids is 1. The molecule has 0 aromatic rings. The Labute approximate surface area is 84.8 Å². The third-order valence-corrected chi connectivity index (χ3v) is 2.47. The molecule has 0 radical (unpaired) electrons. The Balaban J connectivity index is 2.69. The fraction of sp³-hybridized carbons (Fsp3) is 0.875. The lowest BCUT2D eigenvalue weighted by atomic mass is 9.93. The first kappa shape index (κ1) is 12.3. The average Bonchev–Trinajstić information content (AvgIpc) is 2.15. The first-order valence-corrected chi connectivity index (χ1v) is 4.57. The SMILES string of the molecule is NCC1(O)CCCN(C(=O)C(F)(F)F)C1. The van der Waals surface area contributed by atoms with Gasteiger partial charge >= 0.3 is 12.1 Å². The Morgan fingerprint density at radius 2 is 2.13 bits per heavy atom. The second-order valence-electron chi connectivity index (χ2n) is 3.76. The maximum atomic E-state index is 12.1. The predicted molar refractivity (Wildman–Crippen MR) is 45.9 cm³/mol. The quantitative estimate of drug-likeness (QED) is 0.654. The highest BCUT2D eigenvalue weighted by molar-refractivity contribution is 5.82. The van der Waals surface area contributed by atoms with E-state index in [1.54, 1.807) is 0 Å². The molecule has 88 valence electrons. The van der Waals surface area contributed by atoms with Gasteiger partial charge in [-0.1, -0.05) is 0 Å². The zero-order valence-corrected chi connectivity index (χ0v) is 8.05. The van der Waals surface area contributed by atoms with E-state index in [0.29, 0.717) is 17.7 Å². The molecule has 1 amide bonds. The van der Waals surface area contributed by atoms with E-state index in [0.717, 1.165) is 0 Å². The Morgan fingerprint density at radius 1 is 1.53 bits per heavy atom. The van der Waals surface area contributed by atoms with Crippen molar-refractivity contribution >= 4 is 5.91 Å². The second kappa shape index (κ2) is 3.97. The van der Waals surface area contributed by atoms with Crippen LogP contribution in [-0.4, -0.2) is 47.3 Å². The topological polar surface area (TPSA) is 66.6 Å². The molecule has 1 fully saturated rings. The van der Waals surface area contributed by atoms with Crippen LogP contribution in [0.1, 0.15) is 12.8 Å². The molecule has 15 heavy (non-hydrogen) atoms. The van der Waals surface area contributed by atoms with Gasteiger partial charge in [0.1, 0.15) is 0 Å². The number of amides is 1. The van der Waals surface area contributed by atoms with E-state index < -0.39 is 17.7 Å². The van der Waals surface area contributed by atoms with Crippen LogP contribution >= 0.6 is 0 Å². The van der Waals surface area contributed by atoms with Gasteiger partial charge in [-0.3, -0.25) is 4.79 Å². The molecule has 0 aliphatic carbocycles. The molecular formula is C8H13F3N2O2. The van der Waals surface area contributed by atoms with E-state index in [2.05, 4.69) is 0 Å². The summed E-state index contributed by atoms with van der Waals surface area (Å²) in [5, 5.41) is 9.68. The molecule has 4 nitrogen and oxygen atoms in total. The van der Waals surface area contributed by atoms with Crippen LogP contribution in [0, 0.1) is 0 Å². The van der Waals surface area contributed by atoms with Crippen LogP contribution < -0.4 is 5.73 Å². The summed E-state index contributed by atoms with van der Waals surface area (Å²) in [5.74, 6) is -1.91. The van der Waals surface area contributed by atoms with E-state index in [9.17, 15) is 23.1 Å². The standard InChI is InChI=1S/C8H13F3N2O2/c9-8(10,11)6(14)13-3-1-2-7(15,4-12)5-13/h15H,1-5,12H2. The number of likely N-dealkylation sites (tertiary alicyclic amines) is 1. The normalized spacial score (nSPS) is 27.9. The van der Waals surface area contributed by atoms with Crippen LogP contribution in [-0.2, 0) is 4.79 Å². The summed E-state index contributed by atoms with van der Waals surface area (Å²) in [6.07, 6.45) is -4.23. The van der Waals surface area contributed by atoms with Gasteiger partial charge in [0.2, 0.25) is 0 Å². The minimum absolute atomic E-state index is 0.0145. The largest absolute Gasteiger partial charge is 0.471 e. The summed E-state index contributed by atoms with van der Waals surface area (Å²) in [6.45, 7) is -0.475. The predicted octanol–water partition coefficient (Wildman–Crippen LogP) is -0.139. The number of nitrogens with zero attached hydrogens (tertiary/aromatic N) is 1. The number of β-amino-alcohol motifs (C(OH)–C–C–N with tert-alkyl or cyclic N) is 1. The number of piperidine rings is 1. The van der Waals surface area contributed by atoms with Crippen molar-refractivity contribution in [2.45, 2.75) is 24.6 Å². The van der Waals surface area contributed by atoms with Crippen molar-refractivity contribution in [3.63, 3.8) is 0 Å². The zero-order chi connectivity index (χ0) is 11.7. The number of nitrogens with two attached hydrogens (primary N) is 1. The van der Waals surface area contributed by atoms with Crippen LogP contribution in [0.2, 0.25) is 0 Å². The lowest BCUT2D eigenvalue weighted by molar-refractivity contribution is -0.190. The van der Waals surface area contributed by atoms with Gasteiger partial charge in [-0.05, 0) is 12.8 Å². The fourth-order valence-electron chi connectivity index (χ4n) is 1.63. The summed E-state index contributed by atoms with van der Waals surface area (Å²) in [4.78, 5) is 11.5. The molecule has 0 aromatic heterocycles. The summed E-state index contributed by atoms with van der Waals surface area (Å²) in [7, 11) is 0. The van der Waals surface area contributed by atoms with Crippen LogP contribution in [0.4, 0.5) is 13.2 Å². The van der Waals surface area contributed by atoms with Gasteiger partial charge in [0.15, 0.2) is 0 Å². The van der Waals surface area contributed by atoms with Crippen molar-refractivity contribution in [3.8, 4) is 0 Å². The van der Waals surface area contributed by atoms with Gasteiger partial charge in [0.25, 0.3) is 0 Å². The third kappa shape index (κ3) is 2.82. The fourth-order valence-corrected chi connectivity index (χ4v) is 1.63. The molecule has 1 aliphatic rings. The molecule has 0 bridgehead atoms. The van der Waals surface area contributed by atoms with E-state index in [1.807, 2.05) is 0 Å². The van der Waals surface area contributed by atoms with Crippen LogP contribution in [0.25, 0.3) is 0 Å². The average molecular weight is 226 g/mol. The minimum Gasteiger partial charge on any atom is -0.387 e. The van der Waals surface area contributed by atoms with E-state index in [-0.39, 0.29) is 19.6 Å². The van der Waals surface area contributed by atoms with Gasteiger partial charge in [-0.25, -0.2) is 0 Å². The van der Waals surface area contributed by atoms with Gasteiger partial charge < -0.3 is 15.7 Å². The van der Waals surface area contributed by atoms with Crippen LogP contribution in [0.5, 0.6) is 0 Å². The highest BCUT2D eigenvalue weighted by atomic mass is 19.4. The monoisotopic (exact) mass is 226 g/mol. The molecule has 0 spiro atoms. The number of halogens is 3. The van der Waals surface area contributed by atoms with E-state index in [4.69, 9.17) is 5.73 Å². The first-order valence-electron chi connectivity index (χ1n) is 4.57. The summed E-state index contributed by atoms with van der Waals surface area (Å²) < 4.78 is 36.3. The smallest absolute Gasteiger partial charge is 0.387 e. The van der Waals surface area contributed by atoms with E-state index >= 15 is 0 Å². The Kier molecular flexibility index (Phi) is 3.25. The van der Waals surface area contributed by atoms with Gasteiger partial charge in [0, 0.05) is 13.1 Å². The number of hydrogen-bond donors (Lipinski definition) is 2. The molecule has 0 aromatic carbocycles. The summed E-state index contributed by atoms with van der Waals surface area (Å²) in [6, 6.07) is 0. The van der Waals surface area contributed by atoms with Crippen molar-refractivity contribution in [1.29, 1.82) is 0 Å². The number of alkyl halides is 3. The first-order chi connectivity index (χ1) is 6.78. The summed E-state index contributed by atoms with van der Waals surface area (Å²) >= 11 is 0. The maximum absolute atomic E-state index is 12.1. The van der Waals surface area contributed by atoms with Crippen molar-refractivity contribution in [2.24, 2.45) is 5.73 Å². The van der Waals surface area contributed by atoms with Gasteiger partial charge in [0.05, 0.1) is 12.1 Å². The van der Waals surface area contributed by atoms with Crippen molar-refractivity contribution in [1.82, 2.24) is 4.90 Å². The molecule has 0 saturated carbocycles. The Bertz CT molecular complexity index is 257. The van der Waals surface area contributed by atoms with Crippen LogP contribution in [0.3, 0.4) is 0 Å². The highest BCUT2D eigenvalue weighted by Crippen LogP contribution is 2.25. The molecule has 1 heterocycles. The molecule has 1 aliphatic heterocycles. The molecule has 3 N–H and O–H groups in total. The Hall–Kier alpha value is -0.820. The molecular weight excluding hydrogens is 213 g/mol. The number of hydrogen-bond acceptors (Lipinski definition) is 3. The van der Waals surface area contributed by atoms with E-state index in [1.165, 1.54) is 0 Å². The number of carbonyl (C=O) groups is 1. The van der Waals surface area contributed by atoms with Gasteiger partial charge in [-0.15, -0.1) is 0 Å². The minimum atomic E-state index is -4.88.